The zero-order valence-corrected chi connectivity index (χ0v) is 14.0. The van der Waals surface area contributed by atoms with E-state index in [1.54, 1.807) is 4.31 Å². The quantitative estimate of drug-likeness (QED) is 0.658. The fraction of sp³-hybridized carbons (Fsp3) is 0.571. The number of sulfonamides is 1. The molecule has 2 unspecified atom stereocenters. The summed E-state index contributed by atoms with van der Waals surface area (Å²) in [5, 5.41) is 0. The third kappa shape index (κ3) is 4.35. The molecule has 0 saturated carbocycles. The molecule has 0 aromatic heterocycles. The summed E-state index contributed by atoms with van der Waals surface area (Å²) in [6.45, 7) is 4.67. The molecule has 2 rings (SSSR count). The number of nitrogens with two attached hydrogens (primary N) is 1. The summed E-state index contributed by atoms with van der Waals surface area (Å²) in [6.07, 6.45) is -0.0478. The number of rotatable bonds is 5. The van der Waals surface area contributed by atoms with Crippen LogP contribution in [-0.4, -0.2) is 49.5 Å². The highest BCUT2D eigenvalue weighted by Crippen LogP contribution is 2.25. The van der Waals surface area contributed by atoms with Gasteiger partial charge in [0, 0.05) is 28.9 Å². The minimum atomic E-state index is -3.26. The van der Waals surface area contributed by atoms with Gasteiger partial charge in [0.15, 0.2) is 0 Å². The molecule has 1 saturated heterocycles. The molecule has 2 N–H and O–H groups in total. The van der Waals surface area contributed by atoms with Crippen molar-refractivity contribution in [2.45, 2.75) is 30.9 Å². The Morgan fingerprint density at radius 1 is 1.38 bits per heavy atom. The van der Waals surface area contributed by atoms with E-state index in [0.717, 1.165) is 4.90 Å². The lowest BCUT2D eigenvalue weighted by Crippen LogP contribution is -2.51. The minimum Gasteiger partial charge on any atom is -0.398 e. The van der Waals surface area contributed by atoms with E-state index in [1.807, 2.05) is 38.1 Å². The van der Waals surface area contributed by atoms with Crippen LogP contribution in [0.2, 0.25) is 0 Å². The van der Waals surface area contributed by atoms with E-state index in [0.29, 0.717) is 24.6 Å². The first kappa shape index (κ1) is 16.6. The number of morpholine rings is 1. The molecule has 0 amide bonds. The van der Waals surface area contributed by atoms with Gasteiger partial charge in [-0.15, -0.1) is 11.8 Å². The first-order valence-electron chi connectivity index (χ1n) is 6.98. The van der Waals surface area contributed by atoms with Crippen LogP contribution >= 0.6 is 11.8 Å². The lowest BCUT2D eigenvalue weighted by Gasteiger charge is -2.35. The van der Waals surface area contributed by atoms with Gasteiger partial charge in [-0.2, -0.15) is 4.31 Å². The number of anilines is 1. The van der Waals surface area contributed by atoms with Crippen LogP contribution in [0.1, 0.15) is 13.8 Å². The maximum Gasteiger partial charge on any atom is 0.215 e. The normalized spacial score (nSPS) is 24.1. The van der Waals surface area contributed by atoms with Gasteiger partial charge in [-0.25, -0.2) is 8.42 Å². The van der Waals surface area contributed by atoms with Gasteiger partial charge in [0.05, 0.1) is 18.5 Å². The molecular formula is C14H22N2O3S2. The van der Waals surface area contributed by atoms with Gasteiger partial charge in [0.25, 0.3) is 0 Å². The average molecular weight is 330 g/mol. The Kier molecular flexibility index (Phi) is 5.54. The molecule has 21 heavy (non-hydrogen) atoms. The van der Waals surface area contributed by atoms with Gasteiger partial charge in [0.2, 0.25) is 10.0 Å². The molecule has 2 atom stereocenters. The van der Waals surface area contributed by atoms with Crippen molar-refractivity contribution in [2.24, 2.45) is 0 Å². The molecule has 118 valence electrons. The Morgan fingerprint density at radius 3 is 2.81 bits per heavy atom. The van der Waals surface area contributed by atoms with Crippen molar-refractivity contribution in [3.05, 3.63) is 24.3 Å². The molecule has 7 heteroatoms. The number of para-hydroxylation sites is 1. The predicted molar refractivity (Wildman–Crippen MR) is 86.9 cm³/mol. The third-order valence-electron chi connectivity index (χ3n) is 3.43. The minimum absolute atomic E-state index is 0.0478. The lowest BCUT2D eigenvalue weighted by molar-refractivity contribution is -0.0169. The van der Waals surface area contributed by atoms with Gasteiger partial charge < -0.3 is 10.5 Å². The second-order valence-corrected chi connectivity index (χ2v) is 8.44. The molecule has 0 bridgehead atoms. The number of ether oxygens (including phenoxy) is 1. The molecule has 0 aliphatic carbocycles. The first-order chi connectivity index (χ1) is 9.90. The number of hydrogen-bond donors (Lipinski definition) is 1. The number of nitrogens with zero attached hydrogens (tertiary/aromatic N) is 1. The van der Waals surface area contributed by atoms with E-state index in [4.69, 9.17) is 10.5 Å². The molecule has 0 radical (unpaired) electrons. The van der Waals surface area contributed by atoms with Crippen molar-refractivity contribution in [1.82, 2.24) is 4.31 Å². The summed E-state index contributed by atoms with van der Waals surface area (Å²) in [5.41, 5.74) is 6.54. The number of thioether (sulfide) groups is 1. The molecule has 1 aliphatic heterocycles. The monoisotopic (exact) mass is 330 g/mol. The van der Waals surface area contributed by atoms with Gasteiger partial charge >= 0.3 is 0 Å². The zero-order chi connectivity index (χ0) is 15.5. The van der Waals surface area contributed by atoms with Gasteiger partial charge in [0.1, 0.15) is 0 Å². The largest absolute Gasteiger partial charge is 0.398 e. The number of hydrogen-bond acceptors (Lipinski definition) is 5. The smallest absolute Gasteiger partial charge is 0.215 e. The topological polar surface area (TPSA) is 72.6 Å². The van der Waals surface area contributed by atoms with E-state index in [1.165, 1.54) is 11.8 Å². The summed E-state index contributed by atoms with van der Waals surface area (Å²) in [4.78, 5) is 0.927. The molecule has 1 heterocycles. The van der Waals surface area contributed by atoms with Gasteiger partial charge in [-0.3, -0.25) is 0 Å². The third-order valence-corrected chi connectivity index (χ3v) is 6.72. The predicted octanol–water partition coefficient (Wildman–Crippen LogP) is 1.80. The Morgan fingerprint density at radius 2 is 2.10 bits per heavy atom. The summed E-state index contributed by atoms with van der Waals surface area (Å²) in [7, 11) is -3.26. The zero-order valence-electron chi connectivity index (χ0n) is 12.4. The Labute approximate surface area is 130 Å². The van der Waals surface area contributed by atoms with Crippen molar-refractivity contribution in [3.8, 4) is 0 Å². The van der Waals surface area contributed by atoms with Gasteiger partial charge in [-0.05, 0) is 26.0 Å². The first-order valence-corrected chi connectivity index (χ1v) is 9.58. The fourth-order valence-corrected chi connectivity index (χ4v) is 5.33. The maximum absolute atomic E-state index is 12.4. The van der Waals surface area contributed by atoms with Crippen LogP contribution < -0.4 is 5.73 Å². The highest BCUT2D eigenvalue weighted by Gasteiger charge is 2.32. The number of benzene rings is 1. The fourth-order valence-electron chi connectivity index (χ4n) is 2.25. The summed E-state index contributed by atoms with van der Waals surface area (Å²) >= 11 is 1.48. The van der Waals surface area contributed by atoms with Crippen molar-refractivity contribution < 1.29 is 13.2 Å². The van der Waals surface area contributed by atoms with Crippen LogP contribution in [0.15, 0.2) is 29.2 Å². The summed E-state index contributed by atoms with van der Waals surface area (Å²) < 4.78 is 31.9. The number of nitrogen functional groups attached to an aromatic ring is 1. The van der Waals surface area contributed by atoms with Crippen LogP contribution in [0.3, 0.4) is 0 Å². The summed E-state index contributed by atoms with van der Waals surface area (Å²) in [5.74, 6) is 0.609. The average Bonchev–Trinajstić information content (AvgIpc) is 2.43. The molecule has 5 nitrogen and oxygen atoms in total. The van der Waals surface area contributed by atoms with Crippen LogP contribution in [0, 0.1) is 0 Å². The van der Waals surface area contributed by atoms with E-state index in [2.05, 4.69) is 0 Å². The molecule has 1 aromatic carbocycles. The van der Waals surface area contributed by atoms with E-state index in [9.17, 15) is 8.42 Å². The van der Waals surface area contributed by atoms with E-state index >= 15 is 0 Å². The molecule has 1 aromatic rings. The van der Waals surface area contributed by atoms with Crippen molar-refractivity contribution >= 4 is 27.5 Å². The second kappa shape index (κ2) is 7.00. The van der Waals surface area contributed by atoms with Crippen molar-refractivity contribution in [1.29, 1.82) is 0 Å². The van der Waals surface area contributed by atoms with Gasteiger partial charge in [-0.1, -0.05) is 12.1 Å². The molecule has 0 spiro atoms. The Hall–Kier alpha value is -0.760. The summed E-state index contributed by atoms with van der Waals surface area (Å²) in [6, 6.07) is 7.40. The van der Waals surface area contributed by atoms with Crippen LogP contribution in [0.5, 0.6) is 0 Å². The second-order valence-electron chi connectivity index (χ2n) is 5.26. The Bertz CT molecular complexity index is 577. The molecule has 1 aliphatic rings. The highest BCUT2D eigenvalue weighted by atomic mass is 32.2. The van der Waals surface area contributed by atoms with E-state index in [-0.39, 0.29) is 17.9 Å². The van der Waals surface area contributed by atoms with Crippen molar-refractivity contribution in [3.63, 3.8) is 0 Å². The lowest BCUT2D eigenvalue weighted by atomic mass is 10.2. The van der Waals surface area contributed by atoms with Crippen LogP contribution in [-0.2, 0) is 14.8 Å². The molecule has 1 fully saturated rings. The van der Waals surface area contributed by atoms with Crippen LogP contribution in [0.4, 0.5) is 5.69 Å². The highest BCUT2D eigenvalue weighted by molar-refractivity contribution is 8.00. The van der Waals surface area contributed by atoms with Crippen molar-refractivity contribution in [2.75, 3.05) is 30.4 Å². The van der Waals surface area contributed by atoms with Crippen LogP contribution in [0.25, 0.3) is 0 Å². The molecular weight excluding hydrogens is 308 g/mol. The maximum atomic E-state index is 12.4. The SMILES string of the molecule is CC1CN(S(=O)(=O)CCSc2ccccc2N)C(C)CO1. The standard InChI is InChI=1S/C14H22N2O3S2/c1-11-10-19-12(2)9-16(11)21(17,18)8-7-20-14-6-4-3-5-13(14)15/h3-6,11-12H,7-10,15H2,1-2H3. The van der Waals surface area contributed by atoms with E-state index < -0.39 is 10.0 Å². The Balaban J connectivity index is 1.93.